The summed E-state index contributed by atoms with van der Waals surface area (Å²) in [4.78, 5) is 28.8. The number of fused-ring (bicyclic) bond motifs is 4. The molecule has 320 valence electrons. The molecule has 0 saturated heterocycles. The van der Waals surface area contributed by atoms with Crippen LogP contribution in [0.4, 0.5) is 9.52 Å². The molecule has 0 radical (unpaired) electrons. The molecule has 7 aromatic rings. The van der Waals surface area contributed by atoms with Gasteiger partial charge in [-0.05, 0) is 101 Å². The van der Waals surface area contributed by atoms with Crippen LogP contribution in [-0.4, -0.2) is 45.1 Å². The maximum absolute atomic E-state index is 16.9. The summed E-state index contributed by atoms with van der Waals surface area (Å²) in [5.41, 5.74) is 10.8. The molecule has 0 bridgehead atoms. The van der Waals surface area contributed by atoms with Gasteiger partial charge in [0.25, 0.3) is 0 Å². The van der Waals surface area contributed by atoms with E-state index >= 15 is 4.39 Å². The smallest absolute Gasteiger partial charge is 0.330 e. The zero-order chi connectivity index (χ0) is 43.7. The second kappa shape index (κ2) is 20.1. The number of benzene rings is 5. The summed E-state index contributed by atoms with van der Waals surface area (Å²) >= 11 is 2.59. The Kier molecular flexibility index (Phi) is 13.7. The first-order valence-corrected chi connectivity index (χ1v) is 22.6. The van der Waals surface area contributed by atoms with Crippen molar-refractivity contribution in [2.45, 2.75) is 58.8 Å². The van der Waals surface area contributed by atoms with Crippen LogP contribution in [-0.2, 0) is 25.5 Å². The van der Waals surface area contributed by atoms with Crippen molar-refractivity contribution < 1.29 is 28.2 Å². The van der Waals surface area contributed by atoms with Crippen molar-refractivity contribution in [3.05, 3.63) is 138 Å². The fourth-order valence-corrected chi connectivity index (χ4v) is 8.95. The number of thiazole rings is 1. The van der Waals surface area contributed by atoms with Gasteiger partial charge in [-0.2, -0.15) is 13.8 Å². The molecule has 0 fully saturated rings. The molecule has 2 heterocycles. The van der Waals surface area contributed by atoms with Gasteiger partial charge in [0.2, 0.25) is 5.13 Å². The summed E-state index contributed by atoms with van der Waals surface area (Å²) in [6.45, 7) is 8.56. The molecular formula is C50H46FN5O5S2. The molecule has 1 N–H and O–H groups in total. The number of allylic oxidation sites excluding steroid dienone is 4. The van der Waals surface area contributed by atoms with Crippen LogP contribution in [0.3, 0.4) is 0 Å². The fraction of sp³-hybridized carbons (Fsp3) is 0.240. The van der Waals surface area contributed by atoms with Gasteiger partial charge < -0.3 is 14.2 Å². The van der Waals surface area contributed by atoms with Gasteiger partial charge >= 0.3 is 11.9 Å². The van der Waals surface area contributed by atoms with E-state index in [9.17, 15) is 9.59 Å². The van der Waals surface area contributed by atoms with Crippen LogP contribution in [0, 0.1) is 11.7 Å². The molecule has 63 heavy (non-hydrogen) atoms. The number of carbonyl (C=O) groups excluding carboxylic acids is 2. The second-order valence-electron chi connectivity index (χ2n) is 15.4. The summed E-state index contributed by atoms with van der Waals surface area (Å²) in [6, 6.07) is 27.1. The standard InChI is InChI=1S/C50H46FN5O5S2/c1-4-8-32-9-11-34(12-10-32)40-20-21-41(47(51)42(40)30-52-54-50-53-49-44(62-50)23-22-43-48(49)56-63-55-43)37-14-13-36-29-39(19-16-35(36)28-37)61-46(58)24-17-33-15-18-38(27-31(33)3)59-25-6-7-26-60-45(57)5-2/h5,9-16,18-23,28-31H,2,4,6-8,17,24-27H2,1,3H3,(H,53,54)/b52-30+. The third-order valence-corrected chi connectivity index (χ3v) is 12.4. The molecule has 1 aliphatic rings. The van der Waals surface area contributed by atoms with Crippen molar-refractivity contribution in [3.63, 3.8) is 0 Å². The van der Waals surface area contributed by atoms with Crippen LogP contribution < -0.4 is 10.2 Å². The van der Waals surface area contributed by atoms with Gasteiger partial charge in [0.15, 0.2) is 0 Å². The Balaban J connectivity index is 0.940. The Morgan fingerprint density at radius 2 is 1.70 bits per heavy atom. The molecule has 0 spiro atoms. The number of nitrogens with zero attached hydrogens (tertiary/aromatic N) is 4. The topological polar surface area (TPSA) is 125 Å². The monoisotopic (exact) mass is 879 g/mol. The zero-order valence-corrected chi connectivity index (χ0v) is 36.7. The molecule has 5 aromatic carbocycles. The molecule has 0 aliphatic heterocycles. The number of hydrogen-bond acceptors (Lipinski definition) is 12. The lowest BCUT2D eigenvalue weighted by Crippen LogP contribution is -2.12. The molecule has 13 heteroatoms. The molecular weight excluding hydrogens is 834 g/mol. The fourth-order valence-electron chi connectivity index (χ4n) is 7.60. The highest BCUT2D eigenvalue weighted by Gasteiger charge is 2.19. The van der Waals surface area contributed by atoms with Gasteiger partial charge in [-0.3, -0.25) is 10.2 Å². The summed E-state index contributed by atoms with van der Waals surface area (Å²) in [5.74, 6) is 0.460. The van der Waals surface area contributed by atoms with Crippen LogP contribution in [0.5, 0.6) is 5.75 Å². The van der Waals surface area contributed by atoms with Crippen LogP contribution in [0.1, 0.15) is 63.5 Å². The first-order chi connectivity index (χ1) is 30.8. The van der Waals surface area contributed by atoms with Crippen molar-refractivity contribution in [2.24, 2.45) is 11.0 Å². The quantitative estimate of drug-likeness (QED) is 0.0224. The highest BCUT2D eigenvalue weighted by Crippen LogP contribution is 2.36. The summed E-state index contributed by atoms with van der Waals surface area (Å²) < 4.78 is 43.2. The number of hydrogen-bond donors (Lipinski definition) is 1. The highest BCUT2D eigenvalue weighted by molar-refractivity contribution is 7.22. The Labute approximate surface area is 373 Å². The average Bonchev–Trinajstić information content (AvgIpc) is 3.95. The van der Waals surface area contributed by atoms with E-state index in [1.807, 2.05) is 78.9 Å². The van der Waals surface area contributed by atoms with Crippen LogP contribution in [0.15, 0.2) is 126 Å². The van der Waals surface area contributed by atoms with Gasteiger partial charge in [-0.1, -0.05) is 104 Å². The minimum absolute atomic E-state index is 0.234. The predicted octanol–water partition coefficient (Wildman–Crippen LogP) is 12.4. The Morgan fingerprint density at radius 3 is 2.52 bits per heavy atom. The van der Waals surface area contributed by atoms with E-state index in [1.165, 1.54) is 28.7 Å². The molecule has 2 aromatic heterocycles. The molecule has 1 aliphatic carbocycles. The Hall–Kier alpha value is -6.57. The normalized spacial score (nSPS) is 13.9. The van der Waals surface area contributed by atoms with Crippen LogP contribution in [0.25, 0.3) is 54.3 Å². The van der Waals surface area contributed by atoms with Gasteiger partial charge in [0, 0.05) is 30.0 Å². The lowest BCUT2D eigenvalue weighted by molar-refractivity contribution is -0.138. The zero-order valence-electron chi connectivity index (χ0n) is 35.1. The molecule has 0 amide bonds. The van der Waals surface area contributed by atoms with Gasteiger partial charge in [0.05, 0.1) is 41.6 Å². The number of aryl methyl sites for hydroxylation is 1. The van der Waals surface area contributed by atoms with Crippen molar-refractivity contribution in [3.8, 4) is 28.0 Å². The van der Waals surface area contributed by atoms with E-state index in [0.29, 0.717) is 53.6 Å². The Bertz CT molecular complexity index is 2900. The number of ether oxygens (including phenoxy) is 3. The highest BCUT2D eigenvalue weighted by atomic mass is 32.1. The third kappa shape index (κ3) is 10.4. The van der Waals surface area contributed by atoms with E-state index in [-0.39, 0.29) is 18.3 Å². The minimum Gasteiger partial charge on any atom is -0.498 e. The Morgan fingerprint density at radius 1 is 0.905 bits per heavy atom. The number of anilines is 1. The number of esters is 2. The van der Waals surface area contributed by atoms with E-state index in [1.54, 1.807) is 6.07 Å². The van der Waals surface area contributed by atoms with Gasteiger partial charge in [-0.15, -0.1) is 0 Å². The van der Waals surface area contributed by atoms with Crippen molar-refractivity contribution >= 4 is 78.4 Å². The summed E-state index contributed by atoms with van der Waals surface area (Å²) in [7, 11) is 0. The van der Waals surface area contributed by atoms with E-state index in [2.05, 4.69) is 51.8 Å². The lowest BCUT2D eigenvalue weighted by Gasteiger charge is -2.22. The number of unbranched alkanes of at least 4 members (excludes halogenated alkanes) is 1. The lowest BCUT2D eigenvalue weighted by atomic mass is 9.89. The van der Waals surface area contributed by atoms with E-state index < -0.39 is 11.8 Å². The molecule has 10 nitrogen and oxygen atoms in total. The van der Waals surface area contributed by atoms with Gasteiger partial charge in [-0.25, -0.2) is 14.2 Å². The molecule has 1 atom stereocenters. The number of carbonyl (C=O) groups is 2. The predicted molar refractivity (Wildman–Crippen MR) is 252 cm³/mol. The summed E-state index contributed by atoms with van der Waals surface area (Å²) in [5, 5.41) is 6.79. The maximum Gasteiger partial charge on any atom is 0.330 e. The molecule has 1 unspecified atom stereocenters. The average molecular weight is 880 g/mol. The first kappa shape index (κ1) is 43.1. The van der Waals surface area contributed by atoms with Crippen molar-refractivity contribution in [2.75, 3.05) is 18.6 Å². The number of hydrazone groups is 1. The van der Waals surface area contributed by atoms with Crippen LogP contribution >= 0.6 is 23.1 Å². The SMILES string of the molecule is C=CC(=O)OCCCCOC1=CC=C(CCC(=O)Oc2ccc3cc(-c4ccc(-c5ccc(CCC)cc5)c(/C=N/Nc5nc6c(ccc7nsnc76)s5)c4F)ccc3c2)C(C)C1. The van der Waals surface area contributed by atoms with Crippen molar-refractivity contribution in [1.29, 1.82) is 0 Å². The van der Waals surface area contributed by atoms with Crippen molar-refractivity contribution in [1.82, 2.24) is 13.7 Å². The maximum atomic E-state index is 16.9. The van der Waals surface area contributed by atoms with Gasteiger partial charge in [0.1, 0.15) is 28.1 Å². The number of aromatic nitrogens is 3. The van der Waals surface area contributed by atoms with E-state index in [0.717, 1.165) is 92.4 Å². The van der Waals surface area contributed by atoms with E-state index in [4.69, 9.17) is 19.2 Å². The number of halogens is 1. The largest absolute Gasteiger partial charge is 0.498 e. The molecule has 8 rings (SSSR count). The first-order valence-electron chi connectivity index (χ1n) is 21.1. The number of nitrogens with one attached hydrogen (secondary N) is 1. The summed E-state index contributed by atoms with van der Waals surface area (Å²) in [6.07, 6.45) is 11.8. The number of rotatable bonds is 18. The molecule has 0 saturated carbocycles. The second-order valence-corrected chi connectivity index (χ2v) is 16.9. The minimum atomic E-state index is -0.417. The van der Waals surface area contributed by atoms with Crippen LogP contribution in [0.2, 0.25) is 0 Å². The third-order valence-electron chi connectivity index (χ3n) is 11.0.